The molecule has 0 aliphatic heterocycles. The summed E-state index contributed by atoms with van der Waals surface area (Å²) in [6, 6.07) is 5.92. The number of hydrogen-bond acceptors (Lipinski definition) is 3. The lowest BCUT2D eigenvalue weighted by molar-refractivity contribution is -0.131. The van der Waals surface area contributed by atoms with Gasteiger partial charge >= 0.3 is 0 Å². The Balaban J connectivity index is 2.63. The third-order valence-corrected chi connectivity index (χ3v) is 3.88. The van der Waals surface area contributed by atoms with Gasteiger partial charge in [0.25, 0.3) is 0 Å². The SMILES string of the molecule is CSCC[C@@H](N)C(=O)N(C)Cc1ccc(C)cc1C. The molecular weight excluding hydrogens is 256 g/mol. The molecule has 19 heavy (non-hydrogen) atoms. The first-order valence-corrected chi connectivity index (χ1v) is 7.90. The first kappa shape index (κ1) is 16.1. The highest BCUT2D eigenvalue weighted by Crippen LogP contribution is 2.13. The van der Waals surface area contributed by atoms with Crippen LogP contribution in [0.15, 0.2) is 18.2 Å². The fourth-order valence-electron chi connectivity index (χ4n) is 2.01. The van der Waals surface area contributed by atoms with Crippen molar-refractivity contribution in [2.24, 2.45) is 5.73 Å². The van der Waals surface area contributed by atoms with Crippen molar-refractivity contribution in [3.05, 3.63) is 34.9 Å². The average Bonchev–Trinajstić information content (AvgIpc) is 2.38. The van der Waals surface area contributed by atoms with Crippen LogP contribution in [0.5, 0.6) is 0 Å². The molecule has 0 spiro atoms. The van der Waals surface area contributed by atoms with Gasteiger partial charge in [0, 0.05) is 13.6 Å². The highest BCUT2D eigenvalue weighted by molar-refractivity contribution is 7.98. The van der Waals surface area contributed by atoms with Crippen LogP contribution >= 0.6 is 11.8 Å². The van der Waals surface area contributed by atoms with Crippen LogP contribution in [0.1, 0.15) is 23.1 Å². The lowest BCUT2D eigenvalue weighted by atomic mass is 10.1. The van der Waals surface area contributed by atoms with E-state index in [2.05, 4.69) is 32.0 Å². The molecule has 1 amide bonds. The van der Waals surface area contributed by atoms with Crippen molar-refractivity contribution >= 4 is 17.7 Å². The molecule has 0 bridgehead atoms. The molecule has 1 rings (SSSR count). The number of likely N-dealkylation sites (N-methyl/N-ethyl adjacent to an activating group) is 1. The van der Waals surface area contributed by atoms with Gasteiger partial charge in [0.1, 0.15) is 0 Å². The Labute approximate surface area is 120 Å². The number of aryl methyl sites for hydroxylation is 2. The van der Waals surface area contributed by atoms with E-state index in [0.29, 0.717) is 6.54 Å². The van der Waals surface area contributed by atoms with E-state index in [4.69, 9.17) is 5.73 Å². The molecule has 1 aromatic carbocycles. The zero-order chi connectivity index (χ0) is 14.4. The number of amides is 1. The molecule has 0 aromatic heterocycles. The molecule has 0 radical (unpaired) electrons. The molecule has 106 valence electrons. The van der Waals surface area contributed by atoms with Crippen LogP contribution in [0.25, 0.3) is 0 Å². The van der Waals surface area contributed by atoms with E-state index in [1.807, 2.05) is 13.3 Å². The first-order chi connectivity index (χ1) is 8.95. The van der Waals surface area contributed by atoms with E-state index in [-0.39, 0.29) is 11.9 Å². The van der Waals surface area contributed by atoms with Crippen molar-refractivity contribution in [2.45, 2.75) is 32.9 Å². The van der Waals surface area contributed by atoms with Crippen molar-refractivity contribution in [2.75, 3.05) is 19.1 Å². The summed E-state index contributed by atoms with van der Waals surface area (Å²) in [5.41, 5.74) is 9.56. The molecule has 0 saturated heterocycles. The maximum absolute atomic E-state index is 12.1. The molecule has 3 nitrogen and oxygen atoms in total. The molecule has 0 saturated carbocycles. The molecule has 0 unspecified atom stereocenters. The maximum atomic E-state index is 12.1. The van der Waals surface area contributed by atoms with Crippen LogP contribution in [0.3, 0.4) is 0 Å². The third-order valence-electron chi connectivity index (χ3n) is 3.23. The Morgan fingerprint density at radius 2 is 2.11 bits per heavy atom. The lowest BCUT2D eigenvalue weighted by Crippen LogP contribution is -2.41. The second-order valence-corrected chi connectivity index (χ2v) is 6.00. The van der Waals surface area contributed by atoms with Crippen LogP contribution < -0.4 is 5.73 Å². The molecule has 0 fully saturated rings. The fourth-order valence-corrected chi connectivity index (χ4v) is 2.50. The minimum Gasteiger partial charge on any atom is -0.340 e. The van der Waals surface area contributed by atoms with E-state index >= 15 is 0 Å². The van der Waals surface area contributed by atoms with E-state index in [1.54, 1.807) is 16.7 Å². The Hall–Kier alpha value is -1.00. The number of carbonyl (C=O) groups is 1. The molecular formula is C15H24N2OS. The molecule has 4 heteroatoms. The Morgan fingerprint density at radius 1 is 1.42 bits per heavy atom. The normalized spacial score (nSPS) is 12.3. The second-order valence-electron chi connectivity index (χ2n) is 5.01. The van der Waals surface area contributed by atoms with E-state index < -0.39 is 0 Å². The first-order valence-electron chi connectivity index (χ1n) is 6.51. The van der Waals surface area contributed by atoms with Gasteiger partial charge in [-0.2, -0.15) is 11.8 Å². The average molecular weight is 280 g/mol. The van der Waals surface area contributed by atoms with Crippen LogP contribution in [0, 0.1) is 13.8 Å². The summed E-state index contributed by atoms with van der Waals surface area (Å²) in [4.78, 5) is 13.8. The smallest absolute Gasteiger partial charge is 0.239 e. The zero-order valence-corrected chi connectivity index (χ0v) is 13.1. The number of carbonyl (C=O) groups excluding carboxylic acids is 1. The lowest BCUT2D eigenvalue weighted by Gasteiger charge is -2.22. The predicted molar refractivity (Wildman–Crippen MR) is 83.4 cm³/mol. The highest BCUT2D eigenvalue weighted by atomic mass is 32.2. The highest BCUT2D eigenvalue weighted by Gasteiger charge is 2.18. The van der Waals surface area contributed by atoms with Gasteiger partial charge in [-0.25, -0.2) is 0 Å². The van der Waals surface area contributed by atoms with Crippen LogP contribution in [-0.2, 0) is 11.3 Å². The topological polar surface area (TPSA) is 46.3 Å². The van der Waals surface area contributed by atoms with Crippen LogP contribution in [-0.4, -0.2) is 35.9 Å². The number of thioether (sulfide) groups is 1. The Bertz CT molecular complexity index is 434. The molecule has 2 N–H and O–H groups in total. The minimum atomic E-state index is -0.386. The molecule has 0 aliphatic rings. The third kappa shape index (κ3) is 4.88. The van der Waals surface area contributed by atoms with Crippen LogP contribution in [0.2, 0.25) is 0 Å². The number of nitrogens with two attached hydrogens (primary N) is 1. The largest absolute Gasteiger partial charge is 0.340 e. The van der Waals surface area contributed by atoms with Gasteiger partial charge in [-0.15, -0.1) is 0 Å². The fraction of sp³-hybridized carbons (Fsp3) is 0.533. The molecule has 0 heterocycles. The van der Waals surface area contributed by atoms with Gasteiger partial charge in [-0.05, 0) is 43.4 Å². The number of benzene rings is 1. The van der Waals surface area contributed by atoms with E-state index in [0.717, 1.165) is 12.2 Å². The quantitative estimate of drug-likeness (QED) is 0.870. The number of hydrogen-bond donors (Lipinski definition) is 1. The summed E-state index contributed by atoms with van der Waals surface area (Å²) in [6.07, 6.45) is 2.76. The van der Waals surface area contributed by atoms with Gasteiger partial charge in [0.05, 0.1) is 6.04 Å². The second kappa shape index (κ2) is 7.56. The summed E-state index contributed by atoms with van der Waals surface area (Å²) in [5.74, 6) is 0.943. The van der Waals surface area contributed by atoms with Crippen molar-refractivity contribution in [3.63, 3.8) is 0 Å². The zero-order valence-electron chi connectivity index (χ0n) is 12.3. The van der Waals surface area contributed by atoms with E-state index in [9.17, 15) is 4.79 Å². The molecule has 1 atom stereocenters. The Kier molecular flexibility index (Phi) is 6.38. The van der Waals surface area contributed by atoms with Gasteiger partial charge in [-0.3, -0.25) is 4.79 Å². The van der Waals surface area contributed by atoms with Crippen molar-refractivity contribution in [3.8, 4) is 0 Å². The van der Waals surface area contributed by atoms with Crippen molar-refractivity contribution in [1.82, 2.24) is 4.90 Å². The molecule has 0 aliphatic carbocycles. The monoisotopic (exact) mass is 280 g/mol. The van der Waals surface area contributed by atoms with Crippen LogP contribution in [0.4, 0.5) is 0 Å². The number of nitrogens with zero attached hydrogens (tertiary/aromatic N) is 1. The van der Waals surface area contributed by atoms with Gasteiger partial charge < -0.3 is 10.6 Å². The van der Waals surface area contributed by atoms with Crippen molar-refractivity contribution in [1.29, 1.82) is 0 Å². The number of rotatable bonds is 6. The summed E-state index contributed by atoms with van der Waals surface area (Å²) in [5, 5.41) is 0. The maximum Gasteiger partial charge on any atom is 0.239 e. The van der Waals surface area contributed by atoms with Gasteiger partial charge in [0.15, 0.2) is 0 Å². The van der Waals surface area contributed by atoms with Gasteiger partial charge in [0.2, 0.25) is 5.91 Å². The standard InChI is InChI=1S/C15H24N2OS/c1-11-5-6-13(12(2)9-11)10-17(3)15(18)14(16)7-8-19-4/h5-6,9,14H,7-8,10,16H2,1-4H3/t14-/m1/s1. The van der Waals surface area contributed by atoms with Crippen molar-refractivity contribution < 1.29 is 4.79 Å². The Morgan fingerprint density at radius 3 is 2.68 bits per heavy atom. The summed E-state index contributed by atoms with van der Waals surface area (Å²) < 4.78 is 0. The summed E-state index contributed by atoms with van der Waals surface area (Å²) in [7, 11) is 1.82. The summed E-state index contributed by atoms with van der Waals surface area (Å²) in [6.45, 7) is 4.77. The minimum absolute atomic E-state index is 0.0222. The van der Waals surface area contributed by atoms with Gasteiger partial charge in [-0.1, -0.05) is 23.8 Å². The van der Waals surface area contributed by atoms with E-state index in [1.165, 1.54) is 16.7 Å². The molecule has 1 aromatic rings. The summed E-state index contributed by atoms with van der Waals surface area (Å²) >= 11 is 1.72. The predicted octanol–water partition coefficient (Wildman–Crippen LogP) is 2.34.